The fraction of sp³-hybridized carbons (Fsp3) is 0.316. The fourth-order valence-electron chi connectivity index (χ4n) is 3.06. The smallest absolute Gasteiger partial charge is 0.311 e. The van der Waals surface area contributed by atoms with Crippen molar-refractivity contribution in [3.63, 3.8) is 0 Å². The third kappa shape index (κ3) is 4.58. The van der Waals surface area contributed by atoms with E-state index in [2.05, 4.69) is 10.2 Å². The van der Waals surface area contributed by atoms with Crippen LogP contribution in [0.3, 0.4) is 0 Å². The van der Waals surface area contributed by atoms with Crippen LogP contribution in [0.2, 0.25) is 0 Å². The molecule has 1 aliphatic rings. The number of hydrogen-bond donors (Lipinski definition) is 1. The highest BCUT2D eigenvalue weighted by atomic mass is 32.2. The number of methoxy groups -OCH3 is 1. The SMILES string of the molecule is COc1ccc(C(=O)Nc2ccc(S(=O)(=O)N3CCN(C)CC3)cc2)cc1[N+](=O)[O-]. The van der Waals surface area contributed by atoms with Crippen molar-refractivity contribution >= 4 is 27.3 Å². The Balaban J connectivity index is 1.73. The molecule has 0 aromatic heterocycles. The zero-order valence-electron chi connectivity index (χ0n) is 16.6. The highest BCUT2D eigenvalue weighted by Gasteiger charge is 2.27. The van der Waals surface area contributed by atoms with Gasteiger partial charge in [0.2, 0.25) is 10.0 Å². The van der Waals surface area contributed by atoms with Gasteiger partial charge in [-0.15, -0.1) is 0 Å². The van der Waals surface area contributed by atoms with Crippen molar-refractivity contribution in [3.05, 3.63) is 58.1 Å². The van der Waals surface area contributed by atoms with Gasteiger partial charge in [0.05, 0.1) is 16.9 Å². The molecule has 1 saturated heterocycles. The summed E-state index contributed by atoms with van der Waals surface area (Å²) in [6, 6.07) is 9.71. The van der Waals surface area contributed by atoms with Crippen molar-refractivity contribution in [1.82, 2.24) is 9.21 Å². The first-order valence-electron chi connectivity index (χ1n) is 9.15. The number of sulfonamides is 1. The van der Waals surface area contributed by atoms with Gasteiger partial charge in [0.15, 0.2) is 5.75 Å². The highest BCUT2D eigenvalue weighted by molar-refractivity contribution is 7.89. The van der Waals surface area contributed by atoms with Crippen molar-refractivity contribution < 1.29 is 22.9 Å². The minimum atomic E-state index is -3.60. The number of nitro groups is 1. The van der Waals surface area contributed by atoms with E-state index in [4.69, 9.17) is 4.74 Å². The van der Waals surface area contributed by atoms with Crippen molar-refractivity contribution in [2.24, 2.45) is 0 Å². The molecular weight excluding hydrogens is 412 g/mol. The number of nitrogens with one attached hydrogen (secondary N) is 1. The summed E-state index contributed by atoms with van der Waals surface area (Å²) in [7, 11) is -0.352. The van der Waals surface area contributed by atoms with Gasteiger partial charge in [0, 0.05) is 43.5 Å². The van der Waals surface area contributed by atoms with E-state index < -0.39 is 20.9 Å². The van der Waals surface area contributed by atoms with E-state index in [9.17, 15) is 23.3 Å². The molecule has 1 aliphatic heterocycles. The number of amides is 1. The molecule has 10 nitrogen and oxygen atoms in total. The molecule has 3 rings (SSSR count). The number of nitrogens with zero attached hydrogens (tertiary/aromatic N) is 3. The Morgan fingerprint density at radius 1 is 1.10 bits per heavy atom. The summed E-state index contributed by atoms with van der Waals surface area (Å²) in [6.07, 6.45) is 0. The molecule has 0 bridgehead atoms. The Labute approximate surface area is 174 Å². The lowest BCUT2D eigenvalue weighted by atomic mass is 10.1. The van der Waals surface area contributed by atoms with Crippen LogP contribution in [-0.4, -0.2) is 68.8 Å². The van der Waals surface area contributed by atoms with Crippen LogP contribution >= 0.6 is 0 Å². The number of likely N-dealkylation sites (N-methyl/N-ethyl adjacent to an activating group) is 1. The summed E-state index contributed by atoms with van der Waals surface area (Å²) in [5.74, 6) is -0.509. The highest BCUT2D eigenvalue weighted by Crippen LogP contribution is 2.28. The van der Waals surface area contributed by atoms with Gasteiger partial charge in [-0.3, -0.25) is 14.9 Å². The second-order valence-electron chi connectivity index (χ2n) is 6.83. The second-order valence-corrected chi connectivity index (χ2v) is 8.77. The molecule has 0 unspecified atom stereocenters. The van der Waals surface area contributed by atoms with Crippen LogP contribution in [0.25, 0.3) is 0 Å². The van der Waals surface area contributed by atoms with Gasteiger partial charge < -0.3 is 15.0 Å². The second kappa shape index (κ2) is 8.78. The number of ether oxygens (including phenoxy) is 1. The molecule has 0 spiro atoms. The topological polar surface area (TPSA) is 122 Å². The fourth-order valence-corrected chi connectivity index (χ4v) is 4.49. The van der Waals surface area contributed by atoms with E-state index in [1.807, 2.05) is 7.05 Å². The van der Waals surface area contributed by atoms with Gasteiger partial charge in [-0.2, -0.15) is 4.31 Å². The van der Waals surface area contributed by atoms with Gasteiger partial charge >= 0.3 is 5.69 Å². The summed E-state index contributed by atoms with van der Waals surface area (Å²) in [4.78, 5) is 25.1. The van der Waals surface area contributed by atoms with E-state index in [1.165, 1.54) is 47.8 Å². The number of nitro benzene ring substituents is 1. The third-order valence-corrected chi connectivity index (χ3v) is 6.76. The van der Waals surface area contributed by atoms with Crippen molar-refractivity contribution in [3.8, 4) is 5.75 Å². The Morgan fingerprint density at radius 3 is 2.30 bits per heavy atom. The van der Waals surface area contributed by atoms with E-state index in [0.717, 1.165) is 6.07 Å². The zero-order chi connectivity index (χ0) is 21.9. The van der Waals surface area contributed by atoms with Crippen LogP contribution < -0.4 is 10.1 Å². The number of hydrogen-bond acceptors (Lipinski definition) is 7. The minimum absolute atomic E-state index is 0.0509. The molecule has 1 fully saturated rings. The predicted molar refractivity (Wildman–Crippen MR) is 110 cm³/mol. The first kappa shape index (κ1) is 21.7. The largest absolute Gasteiger partial charge is 0.490 e. The summed E-state index contributed by atoms with van der Waals surface area (Å²) < 4.78 is 31.9. The summed E-state index contributed by atoms with van der Waals surface area (Å²) in [5.41, 5.74) is 0.131. The Hall–Kier alpha value is -3.02. The molecular formula is C19H22N4O6S. The summed E-state index contributed by atoms with van der Waals surface area (Å²) in [6.45, 7) is 2.18. The lowest BCUT2D eigenvalue weighted by molar-refractivity contribution is -0.385. The molecule has 0 atom stereocenters. The molecule has 160 valence electrons. The van der Waals surface area contributed by atoms with Crippen molar-refractivity contribution in [1.29, 1.82) is 0 Å². The van der Waals surface area contributed by atoms with Gasteiger partial charge in [0.1, 0.15) is 0 Å². The number of anilines is 1. The molecule has 1 amide bonds. The summed E-state index contributed by atoms with van der Waals surface area (Å²) >= 11 is 0. The van der Waals surface area contributed by atoms with Crippen LogP contribution in [-0.2, 0) is 10.0 Å². The molecule has 1 N–H and O–H groups in total. The molecule has 0 aliphatic carbocycles. The first-order valence-corrected chi connectivity index (χ1v) is 10.6. The summed E-state index contributed by atoms with van der Waals surface area (Å²) in [5, 5.41) is 13.7. The maximum absolute atomic E-state index is 12.8. The number of carbonyl (C=O) groups is 1. The van der Waals surface area contributed by atoms with Gasteiger partial charge in [-0.05, 0) is 43.4 Å². The predicted octanol–water partition coefficient (Wildman–Crippen LogP) is 1.79. The molecule has 30 heavy (non-hydrogen) atoms. The maximum Gasteiger partial charge on any atom is 0.311 e. The monoisotopic (exact) mass is 434 g/mol. The van der Waals surface area contributed by atoms with Crippen LogP contribution in [0.4, 0.5) is 11.4 Å². The van der Waals surface area contributed by atoms with E-state index in [-0.39, 0.29) is 21.9 Å². The van der Waals surface area contributed by atoms with E-state index >= 15 is 0 Å². The zero-order valence-corrected chi connectivity index (χ0v) is 17.4. The quantitative estimate of drug-likeness (QED) is 0.543. The minimum Gasteiger partial charge on any atom is -0.490 e. The van der Waals surface area contributed by atoms with Gasteiger partial charge in [-0.25, -0.2) is 8.42 Å². The van der Waals surface area contributed by atoms with E-state index in [1.54, 1.807) is 0 Å². The van der Waals surface area contributed by atoms with E-state index in [0.29, 0.717) is 31.9 Å². The number of piperazine rings is 1. The standard InChI is InChI=1S/C19H22N4O6S/c1-21-9-11-22(12-10-21)30(27,28)16-6-4-15(5-7-16)20-19(24)14-3-8-18(29-2)17(13-14)23(25)26/h3-8,13H,9-12H2,1-2H3,(H,20,24). The molecule has 1 heterocycles. The Bertz CT molecular complexity index is 1050. The van der Waals surface area contributed by atoms with Crippen molar-refractivity contribution in [2.75, 3.05) is 45.7 Å². The number of rotatable bonds is 6. The van der Waals surface area contributed by atoms with Crippen LogP contribution in [0, 0.1) is 10.1 Å². The maximum atomic E-state index is 12.8. The molecule has 0 radical (unpaired) electrons. The Morgan fingerprint density at radius 2 is 1.73 bits per heavy atom. The normalized spacial score (nSPS) is 15.5. The van der Waals surface area contributed by atoms with Crippen LogP contribution in [0.1, 0.15) is 10.4 Å². The number of carbonyl (C=O) groups excluding carboxylic acids is 1. The Kier molecular flexibility index (Phi) is 6.34. The third-order valence-electron chi connectivity index (χ3n) is 4.85. The van der Waals surface area contributed by atoms with Crippen LogP contribution in [0.5, 0.6) is 5.75 Å². The van der Waals surface area contributed by atoms with Gasteiger partial charge in [0.25, 0.3) is 5.91 Å². The molecule has 0 saturated carbocycles. The average molecular weight is 434 g/mol. The van der Waals surface area contributed by atoms with Crippen molar-refractivity contribution in [2.45, 2.75) is 4.90 Å². The average Bonchev–Trinajstić information content (AvgIpc) is 2.74. The number of benzene rings is 2. The molecule has 2 aromatic rings. The lowest BCUT2D eigenvalue weighted by Crippen LogP contribution is -2.46. The lowest BCUT2D eigenvalue weighted by Gasteiger charge is -2.31. The van der Waals surface area contributed by atoms with Gasteiger partial charge in [-0.1, -0.05) is 0 Å². The molecule has 11 heteroatoms. The van der Waals surface area contributed by atoms with Crippen LogP contribution in [0.15, 0.2) is 47.4 Å². The molecule has 2 aromatic carbocycles. The first-order chi connectivity index (χ1) is 14.2.